The molecule has 26 heavy (non-hydrogen) atoms. The molecule has 2 aromatic carbocycles. The van der Waals surface area contributed by atoms with Gasteiger partial charge in [-0.1, -0.05) is 24.3 Å². The fraction of sp³-hybridized carbons (Fsp3) is 0.381. The molecule has 2 aromatic rings. The molecule has 5 heteroatoms. The van der Waals surface area contributed by atoms with Crippen molar-refractivity contribution < 1.29 is 14.6 Å². The molecule has 0 saturated heterocycles. The Kier molecular flexibility index (Phi) is 7.03. The van der Waals surface area contributed by atoms with Crippen molar-refractivity contribution in [1.82, 2.24) is 4.90 Å². The third kappa shape index (κ3) is 4.75. The minimum Gasteiger partial charge on any atom is -0.392 e. The van der Waals surface area contributed by atoms with Gasteiger partial charge in [0.15, 0.2) is 0 Å². The van der Waals surface area contributed by atoms with Crippen LogP contribution in [0.15, 0.2) is 47.5 Å². The van der Waals surface area contributed by atoms with Crippen molar-refractivity contribution in [3.63, 3.8) is 0 Å². The molecule has 0 aliphatic rings. The molecule has 0 spiro atoms. The van der Waals surface area contributed by atoms with Crippen LogP contribution in [0.1, 0.15) is 35.1 Å². The lowest BCUT2D eigenvalue weighted by Gasteiger charge is -2.32. The van der Waals surface area contributed by atoms with Crippen LogP contribution in [-0.2, 0) is 12.2 Å². The van der Waals surface area contributed by atoms with Gasteiger partial charge in [-0.2, -0.15) is 0 Å². The van der Waals surface area contributed by atoms with Crippen LogP contribution in [0.3, 0.4) is 0 Å². The first-order chi connectivity index (χ1) is 12.4. The predicted molar refractivity (Wildman–Crippen MR) is 103 cm³/mol. The minimum absolute atomic E-state index is 0.197. The topological polar surface area (TPSA) is 56.1 Å². The van der Waals surface area contributed by atoms with Gasteiger partial charge in [-0.05, 0) is 73.9 Å². The quantitative estimate of drug-likeness (QED) is 0.714. The molecule has 140 valence electrons. The smallest absolute Gasteiger partial charge is 0.123 e. The summed E-state index contributed by atoms with van der Waals surface area (Å²) in [6.07, 6.45) is 2.92. The summed E-state index contributed by atoms with van der Waals surface area (Å²) < 4.78 is 13.4. The fourth-order valence-electron chi connectivity index (χ4n) is 3.19. The highest BCUT2D eigenvalue weighted by Gasteiger charge is 2.33. The molecule has 0 aliphatic heterocycles. The van der Waals surface area contributed by atoms with E-state index in [1.54, 1.807) is 25.4 Å². The second kappa shape index (κ2) is 9.03. The molecule has 0 saturated carbocycles. The second-order valence-electron chi connectivity index (χ2n) is 6.74. The molecule has 1 atom stereocenters. The monoisotopic (exact) mass is 358 g/mol. The van der Waals surface area contributed by atoms with Crippen molar-refractivity contribution in [2.75, 3.05) is 27.7 Å². The lowest BCUT2D eigenvalue weighted by molar-refractivity contribution is 0.0641. The zero-order chi connectivity index (χ0) is 19.2. The van der Waals surface area contributed by atoms with Gasteiger partial charge < -0.3 is 15.1 Å². The highest BCUT2D eigenvalue weighted by molar-refractivity contribution is 5.80. The maximum Gasteiger partial charge on any atom is 0.123 e. The van der Waals surface area contributed by atoms with Gasteiger partial charge >= 0.3 is 0 Å². The molecule has 0 bridgehead atoms. The first-order valence-corrected chi connectivity index (χ1v) is 8.70. The van der Waals surface area contributed by atoms with E-state index in [0.717, 1.165) is 18.5 Å². The molecule has 0 radical (unpaired) electrons. The number of aliphatic hydroxyl groups is 2. The molecule has 2 rings (SSSR count). The highest BCUT2D eigenvalue weighted by Crippen LogP contribution is 2.36. The largest absolute Gasteiger partial charge is 0.392 e. The molecule has 2 N–H and O–H groups in total. The molecule has 1 unspecified atom stereocenters. The molecular formula is C21H27FN2O2. The number of nitrogens with zero attached hydrogens (tertiary/aromatic N) is 2. The number of aliphatic imine (C=N–C) groups is 1. The normalized spacial score (nSPS) is 14.1. The lowest BCUT2D eigenvalue weighted by Crippen LogP contribution is -2.30. The Morgan fingerprint density at radius 1 is 1.15 bits per heavy atom. The predicted octanol–water partition coefficient (Wildman–Crippen LogP) is 2.94. The first kappa shape index (κ1) is 20.2. The van der Waals surface area contributed by atoms with Crippen LogP contribution in [0.4, 0.5) is 4.39 Å². The Hall–Kier alpha value is -2.08. The summed E-state index contributed by atoms with van der Waals surface area (Å²) in [6, 6.07) is 11.4. The van der Waals surface area contributed by atoms with Crippen LogP contribution < -0.4 is 0 Å². The zero-order valence-corrected chi connectivity index (χ0v) is 15.6. The van der Waals surface area contributed by atoms with E-state index in [0.29, 0.717) is 23.1 Å². The first-order valence-electron chi connectivity index (χ1n) is 8.70. The molecule has 0 aliphatic carbocycles. The summed E-state index contributed by atoms with van der Waals surface area (Å²) >= 11 is 0. The maximum absolute atomic E-state index is 13.4. The van der Waals surface area contributed by atoms with E-state index in [1.165, 1.54) is 12.1 Å². The Morgan fingerprint density at radius 2 is 1.85 bits per heavy atom. The molecule has 4 nitrogen and oxygen atoms in total. The van der Waals surface area contributed by atoms with Crippen LogP contribution in [0.25, 0.3) is 0 Å². The molecule has 0 amide bonds. The minimum atomic E-state index is -1.30. The lowest BCUT2D eigenvalue weighted by atomic mass is 9.80. The SMILES string of the molecule is C/N=C/c1ccc(C(O)(CCCN(C)C)c2ccc(F)cc2)c(CO)c1. The second-order valence-corrected chi connectivity index (χ2v) is 6.74. The van der Waals surface area contributed by atoms with E-state index >= 15 is 0 Å². The van der Waals surface area contributed by atoms with Gasteiger partial charge in [0.2, 0.25) is 0 Å². The number of rotatable bonds is 8. The maximum atomic E-state index is 13.4. The van der Waals surface area contributed by atoms with Gasteiger partial charge in [-0.15, -0.1) is 0 Å². The van der Waals surface area contributed by atoms with Crippen molar-refractivity contribution in [1.29, 1.82) is 0 Å². The Bertz CT molecular complexity index is 744. The number of hydrogen-bond donors (Lipinski definition) is 2. The van der Waals surface area contributed by atoms with Crippen molar-refractivity contribution in [2.24, 2.45) is 4.99 Å². The van der Waals surface area contributed by atoms with Crippen molar-refractivity contribution in [3.05, 3.63) is 70.5 Å². The van der Waals surface area contributed by atoms with E-state index < -0.39 is 5.60 Å². The molecule has 0 fully saturated rings. The number of benzene rings is 2. The number of hydrogen-bond acceptors (Lipinski definition) is 4. The highest BCUT2D eigenvalue weighted by atomic mass is 19.1. The standard InChI is InChI=1S/C21H27FN2O2/c1-23-14-16-5-10-20(17(13-16)15-25)21(26,11-4-12-24(2)3)18-6-8-19(22)9-7-18/h5-10,13-14,25-26H,4,11-12,15H2,1-3H3/b23-14+. The van der Waals surface area contributed by atoms with Gasteiger partial charge in [0.05, 0.1) is 6.61 Å². The average Bonchev–Trinajstić information content (AvgIpc) is 2.62. The van der Waals surface area contributed by atoms with Crippen LogP contribution in [0, 0.1) is 5.82 Å². The number of aliphatic hydroxyl groups excluding tert-OH is 1. The Morgan fingerprint density at radius 3 is 2.42 bits per heavy atom. The Balaban J connectivity index is 2.50. The van der Waals surface area contributed by atoms with E-state index in [2.05, 4.69) is 9.89 Å². The third-order valence-corrected chi connectivity index (χ3v) is 4.49. The summed E-state index contributed by atoms with van der Waals surface area (Å²) in [5, 5.41) is 21.5. The van der Waals surface area contributed by atoms with E-state index in [1.807, 2.05) is 32.3 Å². The summed E-state index contributed by atoms with van der Waals surface area (Å²) in [5.41, 5.74) is 1.45. The van der Waals surface area contributed by atoms with Crippen LogP contribution in [0.5, 0.6) is 0 Å². The molecular weight excluding hydrogens is 331 g/mol. The number of halogens is 1. The summed E-state index contributed by atoms with van der Waals surface area (Å²) in [6.45, 7) is 0.621. The average molecular weight is 358 g/mol. The summed E-state index contributed by atoms with van der Waals surface area (Å²) in [4.78, 5) is 6.05. The van der Waals surface area contributed by atoms with Gasteiger partial charge in [0, 0.05) is 13.3 Å². The zero-order valence-electron chi connectivity index (χ0n) is 15.6. The van der Waals surface area contributed by atoms with Gasteiger partial charge in [0.25, 0.3) is 0 Å². The van der Waals surface area contributed by atoms with Gasteiger partial charge in [-0.3, -0.25) is 4.99 Å². The third-order valence-electron chi connectivity index (χ3n) is 4.49. The van der Waals surface area contributed by atoms with Gasteiger partial charge in [-0.25, -0.2) is 4.39 Å². The molecule has 0 aromatic heterocycles. The Labute approximate surface area is 154 Å². The van der Waals surface area contributed by atoms with E-state index in [-0.39, 0.29) is 12.4 Å². The van der Waals surface area contributed by atoms with E-state index in [4.69, 9.17) is 0 Å². The van der Waals surface area contributed by atoms with Crippen LogP contribution in [0.2, 0.25) is 0 Å². The van der Waals surface area contributed by atoms with Crippen LogP contribution >= 0.6 is 0 Å². The van der Waals surface area contributed by atoms with Crippen molar-refractivity contribution >= 4 is 6.21 Å². The van der Waals surface area contributed by atoms with Crippen molar-refractivity contribution in [2.45, 2.75) is 25.0 Å². The van der Waals surface area contributed by atoms with Crippen molar-refractivity contribution in [3.8, 4) is 0 Å². The van der Waals surface area contributed by atoms with Gasteiger partial charge in [0.1, 0.15) is 11.4 Å². The fourth-order valence-corrected chi connectivity index (χ4v) is 3.19. The summed E-state index contributed by atoms with van der Waals surface area (Å²) in [5.74, 6) is -0.346. The summed E-state index contributed by atoms with van der Waals surface area (Å²) in [7, 11) is 5.65. The van der Waals surface area contributed by atoms with Crippen LogP contribution in [-0.4, -0.2) is 49.0 Å². The molecule has 0 heterocycles. The van der Waals surface area contributed by atoms with E-state index in [9.17, 15) is 14.6 Å².